The first-order valence-corrected chi connectivity index (χ1v) is 4.55. The molecule has 0 saturated carbocycles. The van der Waals surface area contributed by atoms with Crippen molar-refractivity contribution in [2.45, 2.75) is 5.88 Å². The van der Waals surface area contributed by atoms with Gasteiger partial charge in [0.2, 0.25) is 0 Å². The van der Waals surface area contributed by atoms with Crippen LogP contribution in [0.15, 0.2) is 18.2 Å². The van der Waals surface area contributed by atoms with E-state index in [0.29, 0.717) is 0 Å². The van der Waals surface area contributed by atoms with Crippen LogP contribution >= 0.6 is 11.6 Å². The van der Waals surface area contributed by atoms with Crippen molar-refractivity contribution in [3.63, 3.8) is 0 Å². The van der Waals surface area contributed by atoms with Crippen molar-refractivity contribution in [3.05, 3.63) is 35.7 Å². The third-order valence-electron chi connectivity index (χ3n) is 1.80. The SMILES string of the molecule is Fc1cccc(F)c1-n1nnnc1CCl. The lowest BCUT2D eigenvalue weighted by molar-refractivity contribution is 0.553. The minimum absolute atomic E-state index is 0.0270. The van der Waals surface area contributed by atoms with E-state index in [1.54, 1.807) is 0 Å². The second-order valence-electron chi connectivity index (χ2n) is 2.71. The smallest absolute Gasteiger partial charge is 0.171 e. The van der Waals surface area contributed by atoms with Gasteiger partial charge in [-0.25, -0.2) is 8.78 Å². The summed E-state index contributed by atoms with van der Waals surface area (Å²) in [7, 11) is 0. The summed E-state index contributed by atoms with van der Waals surface area (Å²) < 4.78 is 27.6. The van der Waals surface area contributed by atoms with Gasteiger partial charge in [-0.15, -0.1) is 16.7 Å². The number of aromatic nitrogens is 4. The molecule has 15 heavy (non-hydrogen) atoms. The Kier molecular flexibility index (Phi) is 2.59. The molecule has 1 heterocycles. The van der Waals surface area contributed by atoms with Crippen LogP contribution in [0.2, 0.25) is 0 Å². The normalized spacial score (nSPS) is 10.6. The molecule has 0 spiro atoms. The van der Waals surface area contributed by atoms with E-state index >= 15 is 0 Å². The molecule has 0 saturated heterocycles. The van der Waals surface area contributed by atoms with Crippen LogP contribution in [0, 0.1) is 11.6 Å². The number of hydrogen-bond donors (Lipinski definition) is 0. The van der Waals surface area contributed by atoms with Gasteiger partial charge in [-0.3, -0.25) is 0 Å². The lowest BCUT2D eigenvalue weighted by atomic mass is 10.3. The van der Waals surface area contributed by atoms with Crippen LogP contribution in [0.3, 0.4) is 0 Å². The van der Waals surface area contributed by atoms with Gasteiger partial charge < -0.3 is 0 Å². The number of benzene rings is 1. The van der Waals surface area contributed by atoms with E-state index < -0.39 is 11.6 Å². The minimum Gasteiger partial charge on any atom is -0.204 e. The summed E-state index contributed by atoms with van der Waals surface area (Å²) in [4.78, 5) is 0. The third-order valence-corrected chi connectivity index (χ3v) is 2.04. The molecule has 0 fully saturated rings. The van der Waals surface area contributed by atoms with Gasteiger partial charge in [0.25, 0.3) is 0 Å². The average Bonchev–Trinajstić information content (AvgIpc) is 2.65. The molecule has 1 aromatic heterocycles. The summed E-state index contributed by atoms with van der Waals surface area (Å²) in [6, 6.07) is 3.51. The van der Waals surface area contributed by atoms with Crippen molar-refractivity contribution in [2.75, 3.05) is 0 Å². The Bertz CT molecular complexity index is 465. The summed E-state index contributed by atoms with van der Waals surface area (Å²) in [5, 5.41) is 10.3. The van der Waals surface area contributed by atoms with E-state index in [0.717, 1.165) is 16.8 Å². The van der Waals surface area contributed by atoms with Crippen molar-refractivity contribution in [2.24, 2.45) is 0 Å². The maximum absolute atomic E-state index is 13.3. The minimum atomic E-state index is -0.742. The fourth-order valence-electron chi connectivity index (χ4n) is 1.15. The maximum atomic E-state index is 13.3. The predicted octanol–water partition coefficient (Wildman–Crippen LogP) is 1.68. The van der Waals surface area contributed by atoms with E-state index in [-0.39, 0.29) is 17.4 Å². The van der Waals surface area contributed by atoms with Gasteiger partial charge in [-0.2, -0.15) is 4.68 Å². The van der Waals surface area contributed by atoms with Gasteiger partial charge in [-0.05, 0) is 22.6 Å². The molecular formula is C8H5ClF2N4. The first-order valence-electron chi connectivity index (χ1n) is 4.01. The Morgan fingerprint density at radius 2 is 1.93 bits per heavy atom. The fourth-order valence-corrected chi connectivity index (χ4v) is 1.32. The largest absolute Gasteiger partial charge is 0.204 e. The number of alkyl halides is 1. The molecule has 0 unspecified atom stereocenters. The monoisotopic (exact) mass is 230 g/mol. The standard InChI is InChI=1S/C8H5ClF2N4/c9-4-7-12-13-14-15(7)8-5(10)2-1-3-6(8)11/h1-3H,4H2. The van der Waals surface area contributed by atoms with Crippen molar-refractivity contribution < 1.29 is 8.78 Å². The van der Waals surface area contributed by atoms with Gasteiger partial charge in [0.1, 0.15) is 5.69 Å². The van der Waals surface area contributed by atoms with Crippen molar-refractivity contribution in [3.8, 4) is 5.69 Å². The predicted molar refractivity (Wildman–Crippen MR) is 48.6 cm³/mol. The van der Waals surface area contributed by atoms with Crippen molar-refractivity contribution >= 4 is 11.6 Å². The number of tetrazole rings is 1. The Morgan fingerprint density at radius 3 is 2.53 bits per heavy atom. The Balaban J connectivity index is 2.63. The number of para-hydroxylation sites is 1. The zero-order valence-electron chi connectivity index (χ0n) is 7.36. The number of halogens is 3. The number of nitrogens with zero attached hydrogens (tertiary/aromatic N) is 4. The maximum Gasteiger partial charge on any atom is 0.171 e. The van der Waals surface area contributed by atoms with Gasteiger partial charge in [0.05, 0.1) is 5.88 Å². The molecule has 0 N–H and O–H groups in total. The molecule has 0 aliphatic heterocycles. The summed E-state index contributed by atoms with van der Waals surface area (Å²) in [5.74, 6) is -1.33. The Labute approximate surface area is 88.5 Å². The topological polar surface area (TPSA) is 43.6 Å². The van der Waals surface area contributed by atoms with Gasteiger partial charge >= 0.3 is 0 Å². The van der Waals surface area contributed by atoms with Crippen LogP contribution in [0.25, 0.3) is 5.69 Å². The third kappa shape index (κ3) is 1.68. The highest BCUT2D eigenvalue weighted by Crippen LogP contribution is 2.17. The second-order valence-corrected chi connectivity index (χ2v) is 2.98. The zero-order valence-corrected chi connectivity index (χ0v) is 8.12. The lowest BCUT2D eigenvalue weighted by Crippen LogP contribution is -2.06. The molecule has 2 aromatic rings. The Hall–Kier alpha value is -1.56. The van der Waals surface area contributed by atoms with Gasteiger partial charge in [0.15, 0.2) is 17.5 Å². The lowest BCUT2D eigenvalue weighted by Gasteiger charge is -2.04. The van der Waals surface area contributed by atoms with Crippen LogP contribution < -0.4 is 0 Å². The second kappa shape index (κ2) is 3.90. The molecule has 7 heteroatoms. The van der Waals surface area contributed by atoms with Crippen LogP contribution in [-0.4, -0.2) is 20.2 Å². The first kappa shape index (κ1) is 9.97. The number of hydrogen-bond acceptors (Lipinski definition) is 3. The molecule has 78 valence electrons. The summed E-state index contributed by atoms with van der Waals surface area (Å²) in [6.07, 6.45) is 0. The molecule has 4 nitrogen and oxygen atoms in total. The fraction of sp³-hybridized carbons (Fsp3) is 0.125. The average molecular weight is 231 g/mol. The van der Waals surface area contributed by atoms with Crippen LogP contribution in [0.4, 0.5) is 8.78 Å². The zero-order chi connectivity index (χ0) is 10.8. The van der Waals surface area contributed by atoms with E-state index in [1.807, 2.05) is 0 Å². The molecular weight excluding hydrogens is 226 g/mol. The molecule has 0 radical (unpaired) electrons. The molecule has 1 aromatic carbocycles. The Morgan fingerprint density at radius 1 is 1.27 bits per heavy atom. The van der Waals surface area contributed by atoms with Gasteiger partial charge in [0, 0.05) is 0 Å². The molecule has 0 aliphatic carbocycles. The number of rotatable bonds is 2. The van der Waals surface area contributed by atoms with Crippen molar-refractivity contribution in [1.82, 2.24) is 20.2 Å². The quantitative estimate of drug-likeness (QED) is 0.738. The van der Waals surface area contributed by atoms with Crippen LogP contribution in [0.5, 0.6) is 0 Å². The molecule has 2 rings (SSSR count). The van der Waals surface area contributed by atoms with Crippen molar-refractivity contribution in [1.29, 1.82) is 0 Å². The van der Waals surface area contributed by atoms with E-state index in [4.69, 9.17) is 11.6 Å². The summed E-state index contributed by atoms with van der Waals surface area (Å²) in [5.41, 5.74) is -0.321. The molecule has 0 aliphatic rings. The van der Waals surface area contributed by atoms with E-state index in [2.05, 4.69) is 15.5 Å². The highest BCUT2D eigenvalue weighted by atomic mass is 35.5. The van der Waals surface area contributed by atoms with E-state index in [9.17, 15) is 8.78 Å². The van der Waals surface area contributed by atoms with Gasteiger partial charge in [-0.1, -0.05) is 6.07 Å². The first-order chi connectivity index (χ1) is 7.24. The highest BCUT2D eigenvalue weighted by Gasteiger charge is 2.15. The van der Waals surface area contributed by atoms with Crippen LogP contribution in [-0.2, 0) is 5.88 Å². The van der Waals surface area contributed by atoms with Crippen LogP contribution in [0.1, 0.15) is 5.82 Å². The van der Waals surface area contributed by atoms with E-state index in [1.165, 1.54) is 6.07 Å². The highest BCUT2D eigenvalue weighted by molar-refractivity contribution is 6.16. The summed E-state index contributed by atoms with van der Waals surface area (Å²) in [6.45, 7) is 0. The molecule has 0 bridgehead atoms. The molecule has 0 amide bonds. The molecule has 0 atom stereocenters. The summed E-state index contributed by atoms with van der Waals surface area (Å²) >= 11 is 5.52.